The largest absolute Gasteiger partial charge is 0.454 e. The minimum Gasteiger partial charge on any atom is -0.454 e. The molecule has 2 aliphatic rings. The molecule has 0 radical (unpaired) electrons. The molecule has 0 saturated carbocycles. The summed E-state index contributed by atoms with van der Waals surface area (Å²) in [4.78, 5) is 2.24. The molecule has 0 spiro atoms. The van der Waals surface area contributed by atoms with Crippen molar-refractivity contribution in [2.75, 3.05) is 26.4 Å². The van der Waals surface area contributed by atoms with Gasteiger partial charge in [0.1, 0.15) is 0 Å². The third-order valence-electron chi connectivity index (χ3n) is 3.71. The number of morpholine rings is 1. The molecule has 110 valence electrons. The summed E-state index contributed by atoms with van der Waals surface area (Å²) in [5.41, 5.74) is 0.862. The molecule has 1 fully saturated rings. The van der Waals surface area contributed by atoms with E-state index >= 15 is 0 Å². The summed E-state index contributed by atoms with van der Waals surface area (Å²) in [6, 6.07) is 5.61. The van der Waals surface area contributed by atoms with Crippen LogP contribution in [-0.2, 0) is 4.74 Å². The molecular formula is C15H21NO4. The number of nitrogens with zero attached hydrogens (tertiary/aromatic N) is 1. The average Bonchev–Trinajstić information content (AvgIpc) is 2.84. The molecule has 0 aromatic heterocycles. The minimum absolute atomic E-state index is 0.211. The fraction of sp³-hybridized carbons (Fsp3) is 0.600. The first kappa shape index (κ1) is 13.7. The fourth-order valence-electron chi connectivity index (χ4n) is 2.90. The van der Waals surface area contributed by atoms with Gasteiger partial charge in [0.15, 0.2) is 11.5 Å². The van der Waals surface area contributed by atoms with Gasteiger partial charge in [-0.25, -0.2) is 0 Å². The summed E-state index contributed by atoms with van der Waals surface area (Å²) in [5.74, 6) is 1.46. The summed E-state index contributed by atoms with van der Waals surface area (Å²) in [6.07, 6.45) is -0.104. The van der Waals surface area contributed by atoms with Crippen LogP contribution in [0.25, 0.3) is 0 Å². The van der Waals surface area contributed by atoms with Crippen LogP contribution in [0.4, 0.5) is 0 Å². The molecule has 20 heavy (non-hydrogen) atoms. The van der Waals surface area contributed by atoms with Crippen molar-refractivity contribution in [1.29, 1.82) is 0 Å². The fourth-order valence-corrected chi connectivity index (χ4v) is 2.90. The Labute approximate surface area is 119 Å². The van der Waals surface area contributed by atoms with Gasteiger partial charge < -0.3 is 19.3 Å². The van der Waals surface area contributed by atoms with Crippen LogP contribution in [0.1, 0.15) is 25.5 Å². The van der Waals surface area contributed by atoms with Gasteiger partial charge in [0.05, 0.1) is 18.3 Å². The number of aliphatic hydroxyl groups is 1. The van der Waals surface area contributed by atoms with Gasteiger partial charge in [0.2, 0.25) is 6.79 Å². The van der Waals surface area contributed by atoms with E-state index < -0.39 is 6.10 Å². The number of hydrogen-bond acceptors (Lipinski definition) is 5. The molecule has 5 nitrogen and oxygen atoms in total. The summed E-state index contributed by atoms with van der Waals surface area (Å²) >= 11 is 0. The van der Waals surface area contributed by atoms with Crippen LogP contribution in [0.15, 0.2) is 18.2 Å². The van der Waals surface area contributed by atoms with E-state index in [4.69, 9.17) is 14.2 Å². The van der Waals surface area contributed by atoms with Gasteiger partial charge in [0, 0.05) is 19.6 Å². The summed E-state index contributed by atoms with van der Waals surface area (Å²) in [5, 5.41) is 10.4. The number of β-amino-alcohol motifs (C(OH)–C–C–N with tert-alkyl or cyclic N) is 1. The monoisotopic (exact) mass is 279 g/mol. The molecule has 1 aromatic carbocycles. The molecule has 3 unspecified atom stereocenters. The maximum absolute atomic E-state index is 10.4. The minimum atomic E-state index is -0.526. The van der Waals surface area contributed by atoms with E-state index in [9.17, 15) is 5.11 Å². The van der Waals surface area contributed by atoms with Gasteiger partial charge in [-0.3, -0.25) is 4.90 Å². The average molecular weight is 279 g/mol. The summed E-state index contributed by atoms with van der Waals surface area (Å²) in [7, 11) is 0. The van der Waals surface area contributed by atoms with Crippen molar-refractivity contribution in [3.63, 3.8) is 0 Å². The van der Waals surface area contributed by atoms with E-state index in [0.717, 1.165) is 24.4 Å². The van der Waals surface area contributed by atoms with Crippen molar-refractivity contribution in [2.45, 2.75) is 32.2 Å². The Morgan fingerprint density at radius 2 is 1.90 bits per heavy atom. The number of hydrogen-bond donors (Lipinski definition) is 1. The highest BCUT2D eigenvalue weighted by atomic mass is 16.7. The zero-order valence-corrected chi connectivity index (χ0v) is 11.9. The Morgan fingerprint density at radius 1 is 1.20 bits per heavy atom. The maximum atomic E-state index is 10.4. The van der Waals surface area contributed by atoms with Crippen molar-refractivity contribution >= 4 is 0 Å². The predicted molar refractivity (Wildman–Crippen MR) is 74.0 cm³/mol. The molecule has 3 atom stereocenters. The third-order valence-corrected chi connectivity index (χ3v) is 3.71. The van der Waals surface area contributed by atoms with Crippen LogP contribution < -0.4 is 9.47 Å². The van der Waals surface area contributed by atoms with E-state index in [2.05, 4.69) is 18.7 Å². The van der Waals surface area contributed by atoms with E-state index in [1.54, 1.807) is 0 Å². The highest BCUT2D eigenvalue weighted by Crippen LogP contribution is 2.34. The molecule has 0 aliphatic carbocycles. The highest BCUT2D eigenvalue weighted by Gasteiger charge is 2.25. The van der Waals surface area contributed by atoms with Crippen molar-refractivity contribution in [3.8, 4) is 11.5 Å². The van der Waals surface area contributed by atoms with Crippen molar-refractivity contribution in [3.05, 3.63) is 23.8 Å². The Bertz CT molecular complexity index is 469. The smallest absolute Gasteiger partial charge is 0.231 e. The zero-order chi connectivity index (χ0) is 14.1. The van der Waals surface area contributed by atoms with Gasteiger partial charge in [-0.05, 0) is 31.5 Å². The van der Waals surface area contributed by atoms with Crippen LogP contribution in [0.2, 0.25) is 0 Å². The standard InChI is InChI=1S/C15H21NO4/c1-10-6-16(7-11(2)20-10)8-13(17)12-3-4-14-15(5-12)19-9-18-14/h3-5,10-11,13,17H,6-9H2,1-2H3. The molecule has 2 heterocycles. The number of benzene rings is 1. The first-order chi connectivity index (χ1) is 9.61. The lowest BCUT2D eigenvalue weighted by atomic mass is 10.1. The molecule has 0 amide bonds. The molecule has 1 aromatic rings. The van der Waals surface area contributed by atoms with Gasteiger partial charge in [-0.15, -0.1) is 0 Å². The lowest BCUT2D eigenvalue weighted by molar-refractivity contribution is -0.0767. The van der Waals surface area contributed by atoms with Gasteiger partial charge >= 0.3 is 0 Å². The van der Waals surface area contributed by atoms with Crippen molar-refractivity contribution in [1.82, 2.24) is 4.90 Å². The molecule has 0 bridgehead atoms. The number of ether oxygens (including phenoxy) is 3. The number of fused-ring (bicyclic) bond motifs is 1. The molecule has 5 heteroatoms. The Kier molecular flexibility index (Phi) is 3.83. The Morgan fingerprint density at radius 3 is 2.65 bits per heavy atom. The quantitative estimate of drug-likeness (QED) is 0.910. The highest BCUT2D eigenvalue weighted by molar-refractivity contribution is 5.45. The summed E-state index contributed by atoms with van der Waals surface area (Å²) in [6.45, 7) is 6.70. The van der Waals surface area contributed by atoms with E-state index in [-0.39, 0.29) is 19.0 Å². The molecular weight excluding hydrogens is 258 g/mol. The van der Waals surface area contributed by atoms with E-state index in [1.165, 1.54) is 0 Å². The Balaban J connectivity index is 1.65. The topological polar surface area (TPSA) is 51.2 Å². The normalized spacial score (nSPS) is 27.6. The van der Waals surface area contributed by atoms with Crippen LogP contribution in [0.3, 0.4) is 0 Å². The van der Waals surface area contributed by atoms with E-state index in [1.807, 2.05) is 18.2 Å². The zero-order valence-electron chi connectivity index (χ0n) is 11.9. The second kappa shape index (κ2) is 5.60. The van der Waals surface area contributed by atoms with Crippen LogP contribution in [0, 0.1) is 0 Å². The summed E-state index contributed by atoms with van der Waals surface area (Å²) < 4.78 is 16.3. The first-order valence-electron chi connectivity index (χ1n) is 7.07. The molecule has 1 N–H and O–H groups in total. The van der Waals surface area contributed by atoms with Crippen LogP contribution >= 0.6 is 0 Å². The second-order valence-corrected chi connectivity index (χ2v) is 5.60. The molecule has 1 saturated heterocycles. The molecule has 2 aliphatic heterocycles. The van der Waals surface area contributed by atoms with Crippen molar-refractivity contribution < 1.29 is 19.3 Å². The van der Waals surface area contributed by atoms with Gasteiger partial charge in [0.25, 0.3) is 0 Å². The van der Waals surface area contributed by atoms with Crippen LogP contribution in [-0.4, -0.2) is 48.6 Å². The van der Waals surface area contributed by atoms with E-state index in [0.29, 0.717) is 12.3 Å². The molecule has 3 rings (SSSR count). The SMILES string of the molecule is CC1CN(CC(O)c2ccc3c(c2)OCO3)CC(C)O1. The van der Waals surface area contributed by atoms with Gasteiger partial charge in [-0.2, -0.15) is 0 Å². The number of aliphatic hydroxyl groups excluding tert-OH is 1. The first-order valence-corrected chi connectivity index (χ1v) is 7.07. The lowest BCUT2D eigenvalue weighted by Gasteiger charge is -2.36. The van der Waals surface area contributed by atoms with Crippen molar-refractivity contribution in [2.24, 2.45) is 0 Å². The predicted octanol–water partition coefficient (Wildman–Crippen LogP) is 1.56. The van der Waals surface area contributed by atoms with Gasteiger partial charge in [-0.1, -0.05) is 6.07 Å². The third kappa shape index (κ3) is 2.90. The lowest BCUT2D eigenvalue weighted by Crippen LogP contribution is -2.46. The second-order valence-electron chi connectivity index (χ2n) is 5.60. The number of rotatable bonds is 3. The maximum Gasteiger partial charge on any atom is 0.231 e. The Hall–Kier alpha value is -1.30. The van der Waals surface area contributed by atoms with Crippen LogP contribution in [0.5, 0.6) is 11.5 Å².